The monoisotopic (exact) mass is 398 g/mol. The average molecular weight is 399 g/mol. The Labute approximate surface area is 171 Å². The number of thiocarbonyl (C=S) groups is 1. The molecule has 0 spiro atoms. The summed E-state index contributed by atoms with van der Waals surface area (Å²) in [5.74, 6) is 2.31. The number of hydrogen-bond acceptors (Lipinski definition) is 4. The number of fused-ring (bicyclic) bond motifs is 1. The van der Waals surface area contributed by atoms with E-state index in [4.69, 9.17) is 26.4 Å². The maximum absolute atomic E-state index is 5.82. The van der Waals surface area contributed by atoms with E-state index in [2.05, 4.69) is 25.7 Å². The second-order valence-electron chi connectivity index (χ2n) is 6.73. The van der Waals surface area contributed by atoms with E-state index in [9.17, 15) is 0 Å². The molecule has 0 radical (unpaired) electrons. The molecule has 0 amide bonds. The van der Waals surface area contributed by atoms with Gasteiger partial charge in [-0.25, -0.2) is 0 Å². The van der Waals surface area contributed by atoms with Crippen LogP contribution in [0.4, 0.5) is 5.69 Å². The van der Waals surface area contributed by atoms with Gasteiger partial charge in [0.15, 0.2) is 16.6 Å². The molecule has 2 aromatic rings. The topological polar surface area (TPSA) is 43.0 Å². The summed E-state index contributed by atoms with van der Waals surface area (Å²) in [5.41, 5.74) is 1.97. The number of hydrogen-bond donors (Lipinski definition) is 1. The predicted molar refractivity (Wildman–Crippen MR) is 117 cm³/mol. The van der Waals surface area contributed by atoms with E-state index in [0.29, 0.717) is 31.5 Å². The van der Waals surface area contributed by atoms with Crippen LogP contribution in [0.5, 0.6) is 17.2 Å². The summed E-state index contributed by atoms with van der Waals surface area (Å²) >= 11 is 5.70. The minimum atomic E-state index is 0.222. The molecule has 0 bridgehead atoms. The van der Waals surface area contributed by atoms with Crippen molar-refractivity contribution >= 4 is 23.0 Å². The average Bonchev–Trinajstić information content (AvgIpc) is 2.70. The van der Waals surface area contributed by atoms with E-state index < -0.39 is 0 Å². The Morgan fingerprint density at radius 3 is 2.71 bits per heavy atom. The highest BCUT2D eigenvalue weighted by atomic mass is 32.1. The number of anilines is 1. The Morgan fingerprint density at radius 1 is 1.21 bits per heavy atom. The molecule has 0 unspecified atom stereocenters. The van der Waals surface area contributed by atoms with Crippen molar-refractivity contribution in [1.82, 2.24) is 5.32 Å². The Bertz CT molecular complexity index is 838. The molecule has 148 valence electrons. The summed E-state index contributed by atoms with van der Waals surface area (Å²) in [6.45, 7) is 9.98. The molecular formula is C22H26N2O3S. The van der Waals surface area contributed by atoms with Crippen LogP contribution in [0, 0.1) is 0 Å². The third kappa shape index (κ3) is 4.95. The van der Waals surface area contributed by atoms with E-state index in [1.54, 1.807) is 6.08 Å². The Hall–Kier alpha value is -2.73. The lowest BCUT2D eigenvalue weighted by molar-refractivity contribution is 0.171. The van der Waals surface area contributed by atoms with Crippen molar-refractivity contribution < 1.29 is 14.2 Å². The van der Waals surface area contributed by atoms with Crippen molar-refractivity contribution in [3.8, 4) is 17.2 Å². The maximum Gasteiger partial charge on any atom is 0.173 e. The van der Waals surface area contributed by atoms with Gasteiger partial charge in [-0.1, -0.05) is 30.9 Å². The smallest absolute Gasteiger partial charge is 0.173 e. The lowest BCUT2D eigenvalue weighted by atomic mass is 10.1. The van der Waals surface area contributed by atoms with Crippen LogP contribution >= 0.6 is 12.2 Å². The summed E-state index contributed by atoms with van der Waals surface area (Å²) < 4.78 is 17.2. The van der Waals surface area contributed by atoms with Gasteiger partial charge in [0.2, 0.25) is 0 Å². The number of ether oxygens (including phenoxy) is 3. The number of nitrogens with zero attached hydrogens (tertiary/aromatic N) is 1. The van der Waals surface area contributed by atoms with Crippen molar-refractivity contribution in [3.63, 3.8) is 0 Å². The summed E-state index contributed by atoms with van der Waals surface area (Å²) in [6.07, 6.45) is 1.74. The van der Waals surface area contributed by atoms with Gasteiger partial charge < -0.3 is 24.4 Å². The highest BCUT2D eigenvalue weighted by molar-refractivity contribution is 7.80. The maximum atomic E-state index is 5.82. The Balaban J connectivity index is 1.92. The molecule has 1 N–H and O–H groups in total. The Morgan fingerprint density at radius 2 is 1.96 bits per heavy atom. The lowest BCUT2D eigenvalue weighted by Crippen LogP contribution is -2.42. The van der Waals surface area contributed by atoms with Crippen molar-refractivity contribution in [2.75, 3.05) is 24.7 Å². The molecule has 0 fully saturated rings. The molecule has 0 aliphatic carbocycles. The fourth-order valence-corrected chi connectivity index (χ4v) is 3.31. The van der Waals surface area contributed by atoms with E-state index in [0.717, 1.165) is 28.5 Å². The molecule has 0 saturated carbocycles. The first-order valence-electron chi connectivity index (χ1n) is 9.37. The van der Waals surface area contributed by atoms with Gasteiger partial charge in [0.1, 0.15) is 25.6 Å². The van der Waals surface area contributed by atoms with Crippen LogP contribution in [0.1, 0.15) is 19.4 Å². The first-order chi connectivity index (χ1) is 13.6. The van der Waals surface area contributed by atoms with Crippen LogP contribution in [-0.2, 0) is 6.54 Å². The zero-order valence-electron chi connectivity index (χ0n) is 16.3. The molecule has 1 aliphatic heterocycles. The van der Waals surface area contributed by atoms with Gasteiger partial charge in [-0.15, -0.1) is 0 Å². The van der Waals surface area contributed by atoms with Gasteiger partial charge in [0.05, 0.1) is 6.54 Å². The van der Waals surface area contributed by atoms with Crippen LogP contribution in [0.15, 0.2) is 55.1 Å². The second-order valence-corrected chi connectivity index (χ2v) is 7.11. The van der Waals surface area contributed by atoms with Crippen LogP contribution in [0.2, 0.25) is 0 Å². The fraction of sp³-hybridized carbons (Fsp3) is 0.318. The molecule has 28 heavy (non-hydrogen) atoms. The van der Waals surface area contributed by atoms with E-state index in [1.165, 1.54) is 0 Å². The zero-order chi connectivity index (χ0) is 19.9. The van der Waals surface area contributed by atoms with Gasteiger partial charge >= 0.3 is 0 Å². The van der Waals surface area contributed by atoms with E-state index in [-0.39, 0.29) is 6.04 Å². The fourth-order valence-electron chi connectivity index (χ4n) is 2.90. The first kappa shape index (κ1) is 20.0. The number of rotatable bonds is 7. The zero-order valence-corrected chi connectivity index (χ0v) is 17.1. The quantitative estimate of drug-likeness (QED) is 0.554. The second kappa shape index (κ2) is 9.46. The summed E-state index contributed by atoms with van der Waals surface area (Å²) in [4.78, 5) is 2.05. The number of para-hydroxylation sites is 1. The van der Waals surface area contributed by atoms with Crippen molar-refractivity contribution in [2.24, 2.45) is 0 Å². The molecule has 1 aliphatic rings. The third-order valence-corrected chi connectivity index (χ3v) is 4.49. The minimum absolute atomic E-state index is 0.222. The van der Waals surface area contributed by atoms with Crippen LogP contribution < -0.4 is 24.4 Å². The van der Waals surface area contributed by atoms with Crippen molar-refractivity contribution in [2.45, 2.75) is 26.4 Å². The predicted octanol–water partition coefficient (Wildman–Crippen LogP) is 4.31. The van der Waals surface area contributed by atoms with Gasteiger partial charge in [0.25, 0.3) is 0 Å². The largest absolute Gasteiger partial charge is 0.489 e. The molecule has 5 nitrogen and oxygen atoms in total. The molecule has 0 aromatic heterocycles. The molecule has 6 heteroatoms. The molecule has 3 rings (SSSR count). The number of benzene rings is 2. The van der Waals surface area contributed by atoms with Crippen LogP contribution in [-0.4, -0.2) is 31.0 Å². The Kier molecular flexibility index (Phi) is 6.76. The van der Waals surface area contributed by atoms with E-state index in [1.807, 2.05) is 47.4 Å². The molecular weight excluding hydrogens is 372 g/mol. The minimum Gasteiger partial charge on any atom is -0.489 e. The van der Waals surface area contributed by atoms with Gasteiger partial charge in [-0.05, 0) is 44.3 Å². The summed E-state index contributed by atoms with van der Waals surface area (Å²) in [6, 6.07) is 14.1. The highest BCUT2D eigenvalue weighted by Crippen LogP contribution is 2.35. The van der Waals surface area contributed by atoms with Gasteiger partial charge in [0, 0.05) is 23.4 Å². The molecule has 0 saturated heterocycles. The van der Waals surface area contributed by atoms with Crippen LogP contribution in [0.3, 0.4) is 0 Å². The highest BCUT2D eigenvalue weighted by Gasteiger charge is 2.19. The third-order valence-electron chi connectivity index (χ3n) is 4.15. The molecule has 0 atom stereocenters. The first-order valence-corrected chi connectivity index (χ1v) is 9.78. The lowest BCUT2D eigenvalue weighted by Gasteiger charge is -2.29. The van der Waals surface area contributed by atoms with Crippen molar-refractivity contribution in [3.05, 3.63) is 60.7 Å². The molecule has 1 heterocycles. The van der Waals surface area contributed by atoms with E-state index >= 15 is 0 Å². The van der Waals surface area contributed by atoms with Gasteiger partial charge in [-0.2, -0.15) is 0 Å². The summed E-state index contributed by atoms with van der Waals surface area (Å²) in [7, 11) is 0. The SMILES string of the molecule is C=CCOc1ccccc1CN(C(=S)NC(C)C)c1ccc2c(c1)OCCO2. The summed E-state index contributed by atoms with van der Waals surface area (Å²) in [5, 5.41) is 3.98. The standard InChI is InChI=1S/C22H26N2O3S/c1-4-11-25-19-8-6-5-7-17(19)15-24(22(28)23-16(2)3)18-9-10-20-21(14-18)27-13-12-26-20/h4-10,14,16H,1,11-13,15H2,2-3H3,(H,23,28). The number of nitrogens with one attached hydrogen (secondary N) is 1. The van der Waals surface area contributed by atoms with Crippen LogP contribution in [0.25, 0.3) is 0 Å². The van der Waals surface area contributed by atoms with Crippen molar-refractivity contribution in [1.29, 1.82) is 0 Å². The normalized spacial score (nSPS) is 12.4. The molecule has 2 aromatic carbocycles. The van der Waals surface area contributed by atoms with Gasteiger partial charge in [-0.3, -0.25) is 0 Å².